The molecule has 2 aromatic rings. The van der Waals surface area contributed by atoms with Crippen molar-refractivity contribution in [1.29, 1.82) is 0 Å². The smallest absolute Gasteiger partial charge is 0.443 e. The van der Waals surface area contributed by atoms with Crippen molar-refractivity contribution < 1.29 is 28.1 Å². The summed E-state index contributed by atoms with van der Waals surface area (Å²) in [5, 5.41) is 0.0165. The number of carbonyl (C=O) groups is 1. The van der Waals surface area contributed by atoms with Crippen LogP contribution in [0, 0.1) is 0 Å². The molecule has 3 heterocycles. The maximum absolute atomic E-state index is 13.4. The number of aromatic nitrogens is 1. The van der Waals surface area contributed by atoms with Gasteiger partial charge in [-0.3, -0.25) is 4.57 Å². The minimum atomic E-state index is -0.886. The Hall–Kier alpha value is -1.80. The van der Waals surface area contributed by atoms with Crippen LogP contribution >= 0.6 is 0 Å². The van der Waals surface area contributed by atoms with Crippen molar-refractivity contribution in [3.8, 4) is 0 Å². The van der Waals surface area contributed by atoms with E-state index < -0.39 is 53.5 Å². The Morgan fingerprint density at radius 3 is 1.68 bits per heavy atom. The highest BCUT2D eigenvalue weighted by Crippen LogP contribution is 2.52. The highest BCUT2D eigenvalue weighted by Gasteiger charge is 2.69. The topological polar surface area (TPSA) is 68.2 Å². The molecule has 0 amide bonds. The minimum Gasteiger partial charge on any atom is -0.443 e. The Morgan fingerprint density at radius 2 is 1.27 bits per heavy atom. The fraction of sp³-hybridized carbons (Fsp3) is 0.679. The van der Waals surface area contributed by atoms with Crippen molar-refractivity contribution in [3.63, 3.8) is 0 Å². The molecule has 0 N–H and O–H groups in total. The van der Waals surface area contributed by atoms with Gasteiger partial charge in [-0.1, -0.05) is 25.1 Å². The van der Waals surface area contributed by atoms with E-state index in [1.54, 1.807) is 4.57 Å². The van der Waals surface area contributed by atoms with Crippen molar-refractivity contribution in [1.82, 2.24) is 4.57 Å². The maximum Gasteiger partial charge on any atom is 0.466 e. The number of fused-ring (bicyclic) bond motifs is 1. The first-order chi connectivity index (χ1) is 16.8. The number of hydrogen-bond donors (Lipinski definition) is 0. The van der Waals surface area contributed by atoms with Crippen molar-refractivity contribution in [2.75, 3.05) is 0 Å². The van der Waals surface area contributed by atoms with E-state index >= 15 is 0 Å². The van der Waals surface area contributed by atoms with Gasteiger partial charge in [-0.25, -0.2) is 4.79 Å². The second kappa shape index (κ2) is 8.60. The molecule has 7 nitrogen and oxygen atoms in total. The first kappa shape index (κ1) is 28.2. The van der Waals surface area contributed by atoms with Crippen LogP contribution in [0.25, 0.3) is 10.9 Å². The fourth-order valence-electron chi connectivity index (χ4n) is 5.01. The quantitative estimate of drug-likeness (QED) is 0.447. The molecule has 0 aliphatic carbocycles. The van der Waals surface area contributed by atoms with Crippen LogP contribution in [0.2, 0.25) is 0 Å². The third kappa shape index (κ3) is 4.46. The Kier molecular flexibility index (Phi) is 6.56. The van der Waals surface area contributed by atoms with E-state index in [1.165, 1.54) is 0 Å². The molecule has 0 bridgehead atoms. The largest absolute Gasteiger partial charge is 0.466 e. The van der Waals surface area contributed by atoms with Crippen LogP contribution in [-0.4, -0.2) is 52.9 Å². The SMILES string of the molecule is CCC(B1OC(C)(C)C(C)(C)O1)(B1OC(C)(C)C(C)(C)O1)c1cn(C(=O)OC(C)(C)C)c2ccccc12. The first-order valence-corrected chi connectivity index (χ1v) is 13.3. The zero-order valence-electron chi connectivity index (χ0n) is 24.6. The van der Waals surface area contributed by atoms with E-state index in [0.717, 1.165) is 16.5 Å². The van der Waals surface area contributed by atoms with Gasteiger partial charge in [0.1, 0.15) is 5.60 Å². The van der Waals surface area contributed by atoms with Gasteiger partial charge >= 0.3 is 20.3 Å². The third-order valence-corrected chi connectivity index (χ3v) is 8.74. The summed E-state index contributed by atoms with van der Waals surface area (Å²) in [6.07, 6.45) is 2.00. The maximum atomic E-state index is 13.4. The Balaban J connectivity index is 1.97. The number of nitrogens with zero attached hydrogens (tertiary/aromatic N) is 1. The summed E-state index contributed by atoms with van der Waals surface area (Å²) in [5.41, 5.74) is -1.28. The molecule has 37 heavy (non-hydrogen) atoms. The van der Waals surface area contributed by atoms with Crippen LogP contribution in [-0.2, 0) is 28.6 Å². The van der Waals surface area contributed by atoms with Gasteiger partial charge in [0.2, 0.25) is 0 Å². The number of carbonyl (C=O) groups excluding carboxylic acids is 1. The van der Waals surface area contributed by atoms with Gasteiger partial charge in [0.25, 0.3) is 0 Å². The van der Waals surface area contributed by atoms with Crippen LogP contribution in [0.4, 0.5) is 4.79 Å². The van der Waals surface area contributed by atoms with Crippen molar-refractivity contribution in [3.05, 3.63) is 36.0 Å². The molecule has 2 fully saturated rings. The molecule has 0 radical (unpaired) electrons. The van der Waals surface area contributed by atoms with Gasteiger partial charge in [0, 0.05) is 11.6 Å². The predicted octanol–water partition coefficient (Wildman–Crippen LogP) is 6.34. The molecular weight excluding hydrogens is 468 g/mol. The molecule has 0 saturated carbocycles. The Morgan fingerprint density at radius 1 is 0.838 bits per heavy atom. The van der Waals surface area contributed by atoms with Gasteiger partial charge in [0.05, 0.1) is 33.1 Å². The summed E-state index contributed by atoms with van der Waals surface area (Å²) in [5.74, 6) is 0. The summed E-state index contributed by atoms with van der Waals surface area (Å²) in [6, 6.07) is 7.84. The van der Waals surface area contributed by atoms with Gasteiger partial charge < -0.3 is 23.4 Å². The minimum absolute atomic E-state index is 0.442. The van der Waals surface area contributed by atoms with Crippen LogP contribution < -0.4 is 0 Å². The molecule has 2 saturated heterocycles. The summed E-state index contributed by atoms with van der Waals surface area (Å²) < 4.78 is 34.2. The van der Waals surface area contributed by atoms with Crippen molar-refractivity contribution in [2.24, 2.45) is 0 Å². The average Bonchev–Trinajstić information content (AvgIpc) is 3.29. The Bertz CT molecular complexity index is 1120. The van der Waals surface area contributed by atoms with E-state index in [2.05, 4.69) is 6.92 Å². The fourth-order valence-corrected chi connectivity index (χ4v) is 5.01. The van der Waals surface area contributed by atoms with Gasteiger partial charge in [-0.2, -0.15) is 0 Å². The van der Waals surface area contributed by atoms with E-state index in [4.69, 9.17) is 23.4 Å². The molecule has 0 unspecified atom stereocenters. The first-order valence-electron chi connectivity index (χ1n) is 13.3. The average molecular weight is 511 g/mol. The molecule has 0 atom stereocenters. The molecule has 2 aliphatic heterocycles. The second-order valence-corrected chi connectivity index (χ2v) is 13.5. The molecule has 2 aliphatic rings. The number of benzene rings is 1. The van der Waals surface area contributed by atoms with Crippen LogP contribution in [0.3, 0.4) is 0 Å². The van der Waals surface area contributed by atoms with Crippen LogP contribution in [0.1, 0.15) is 95.1 Å². The van der Waals surface area contributed by atoms with E-state index in [9.17, 15) is 4.79 Å². The van der Waals surface area contributed by atoms with Gasteiger partial charge in [0.15, 0.2) is 0 Å². The molecule has 202 valence electrons. The molecular formula is C28H43B2NO6. The highest BCUT2D eigenvalue weighted by atomic mass is 16.7. The number of para-hydroxylation sites is 1. The summed E-state index contributed by atoms with van der Waals surface area (Å²) in [4.78, 5) is 13.4. The zero-order valence-corrected chi connectivity index (χ0v) is 24.6. The lowest BCUT2D eigenvalue weighted by Gasteiger charge is -2.36. The number of hydrogen-bond acceptors (Lipinski definition) is 6. The van der Waals surface area contributed by atoms with Gasteiger partial charge in [-0.15, -0.1) is 0 Å². The van der Waals surface area contributed by atoms with E-state index in [0.29, 0.717) is 6.42 Å². The standard InChI is InChI=1S/C28H43B2NO6/c1-13-28(29-34-24(5,6)25(7,8)35-29,30-36-26(9,10)27(11,12)37-30)20-18-31(22(32)33-23(2,3)4)21-17-15-14-16-19(20)21/h14-18H,13H2,1-12H3. The second-order valence-electron chi connectivity index (χ2n) is 13.5. The summed E-state index contributed by atoms with van der Waals surface area (Å²) in [6.45, 7) is 24.0. The third-order valence-electron chi connectivity index (χ3n) is 8.74. The highest BCUT2D eigenvalue weighted by molar-refractivity contribution is 6.71. The molecule has 1 aromatic carbocycles. The van der Waals surface area contributed by atoms with E-state index in [1.807, 2.05) is 107 Å². The van der Waals surface area contributed by atoms with Crippen LogP contribution in [0.15, 0.2) is 30.5 Å². The predicted molar refractivity (Wildman–Crippen MR) is 148 cm³/mol. The lowest BCUT2D eigenvalue weighted by molar-refractivity contribution is 0.00578. The van der Waals surface area contributed by atoms with Crippen LogP contribution in [0.5, 0.6) is 0 Å². The lowest BCUT2D eigenvalue weighted by atomic mass is 9.35. The van der Waals surface area contributed by atoms with Gasteiger partial charge in [-0.05, 0) is 94.2 Å². The zero-order chi connectivity index (χ0) is 27.8. The number of rotatable bonds is 4. The molecule has 9 heteroatoms. The summed E-state index contributed by atoms with van der Waals surface area (Å²) >= 11 is 0. The monoisotopic (exact) mass is 511 g/mol. The number of ether oxygens (including phenoxy) is 1. The molecule has 0 spiro atoms. The Labute approximate surface area is 222 Å². The van der Waals surface area contributed by atoms with E-state index in [-0.39, 0.29) is 0 Å². The lowest BCUT2D eigenvalue weighted by Crippen LogP contribution is -2.58. The summed E-state index contributed by atoms with van der Waals surface area (Å²) in [7, 11) is -1.37. The van der Waals surface area contributed by atoms with Crippen molar-refractivity contribution in [2.45, 2.75) is 123 Å². The van der Waals surface area contributed by atoms with Crippen molar-refractivity contribution >= 4 is 31.2 Å². The molecule has 4 rings (SSSR count). The normalized spacial score (nSPS) is 22.6. The molecule has 1 aromatic heterocycles.